The van der Waals surface area contributed by atoms with E-state index in [0.29, 0.717) is 28.9 Å². The van der Waals surface area contributed by atoms with Crippen LogP contribution in [0.5, 0.6) is 0 Å². The van der Waals surface area contributed by atoms with E-state index in [1.807, 2.05) is 12.1 Å². The lowest BCUT2D eigenvalue weighted by Crippen LogP contribution is -2.40. The summed E-state index contributed by atoms with van der Waals surface area (Å²) in [7, 11) is 0. The number of carbonyl (C=O) groups excluding carboxylic acids is 1. The van der Waals surface area contributed by atoms with Crippen molar-refractivity contribution in [3.05, 3.63) is 33.8 Å². The first kappa shape index (κ1) is 16.6. The Hall–Kier alpha value is -0.770. The molecule has 0 radical (unpaired) electrons. The van der Waals surface area contributed by atoms with Crippen LogP contribution >= 0.6 is 23.2 Å². The molecule has 2 rings (SSSR count). The van der Waals surface area contributed by atoms with E-state index in [0.717, 1.165) is 25.2 Å². The standard InChI is InChI=1S/C16H22Cl2N2O/c1-2-20-9-3-4-13(20)11-19-16(21)8-6-12-5-7-14(17)15(18)10-12/h5,7,10,13H,2-4,6,8-9,11H2,1H3,(H,19,21). The predicted molar refractivity (Wildman–Crippen MR) is 88.1 cm³/mol. The van der Waals surface area contributed by atoms with E-state index in [2.05, 4.69) is 17.1 Å². The zero-order chi connectivity index (χ0) is 15.2. The minimum absolute atomic E-state index is 0.101. The molecule has 116 valence electrons. The van der Waals surface area contributed by atoms with Gasteiger partial charge in [0, 0.05) is 19.0 Å². The second kappa shape index (κ2) is 8.02. The molecule has 1 aliphatic heterocycles. The highest BCUT2D eigenvalue weighted by molar-refractivity contribution is 6.42. The molecule has 0 bridgehead atoms. The summed E-state index contributed by atoms with van der Waals surface area (Å²) in [6.07, 6.45) is 3.58. The number of carbonyl (C=O) groups is 1. The fourth-order valence-corrected chi connectivity index (χ4v) is 3.14. The molecule has 1 amide bonds. The maximum absolute atomic E-state index is 11.9. The molecule has 0 spiro atoms. The first-order valence-corrected chi connectivity index (χ1v) is 8.30. The van der Waals surface area contributed by atoms with Gasteiger partial charge in [-0.25, -0.2) is 0 Å². The first-order chi connectivity index (χ1) is 10.1. The molecule has 0 aromatic heterocycles. The molecule has 5 heteroatoms. The SMILES string of the molecule is CCN1CCCC1CNC(=O)CCc1ccc(Cl)c(Cl)c1. The van der Waals surface area contributed by atoms with E-state index in [-0.39, 0.29) is 5.91 Å². The Morgan fingerprint density at radius 2 is 2.19 bits per heavy atom. The largest absolute Gasteiger partial charge is 0.355 e. The molecular formula is C16H22Cl2N2O. The van der Waals surface area contributed by atoms with Gasteiger partial charge in [-0.05, 0) is 50.0 Å². The van der Waals surface area contributed by atoms with Gasteiger partial charge >= 0.3 is 0 Å². The van der Waals surface area contributed by atoms with Gasteiger partial charge in [-0.3, -0.25) is 9.69 Å². The number of rotatable bonds is 6. The third-order valence-corrected chi connectivity index (χ3v) is 4.80. The molecule has 1 aliphatic rings. The molecular weight excluding hydrogens is 307 g/mol. The average molecular weight is 329 g/mol. The monoisotopic (exact) mass is 328 g/mol. The highest BCUT2D eigenvalue weighted by Gasteiger charge is 2.22. The Bertz CT molecular complexity index is 493. The molecule has 0 aliphatic carbocycles. The van der Waals surface area contributed by atoms with Crippen molar-refractivity contribution >= 4 is 29.1 Å². The summed E-state index contributed by atoms with van der Waals surface area (Å²) in [6, 6.07) is 6.02. The van der Waals surface area contributed by atoms with Crippen molar-refractivity contribution in [1.82, 2.24) is 10.2 Å². The lowest BCUT2D eigenvalue weighted by atomic mass is 10.1. The van der Waals surface area contributed by atoms with Crippen molar-refractivity contribution in [2.45, 2.75) is 38.6 Å². The number of benzene rings is 1. The van der Waals surface area contributed by atoms with Gasteiger partial charge < -0.3 is 5.32 Å². The third-order valence-electron chi connectivity index (χ3n) is 4.06. The molecule has 1 atom stereocenters. The predicted octanol–water partition coefficient (Wildman–Crippen LogP) is 3.53. The lowest BCUT2D eigenvalue weighted by molar-refractivity contribution is -0.121. The van der Waals surface area contributed by atoms with Crippen LogP contribution in [0.3, 0.4) is 0 Å². The molecule has 1 heterocycles. The minimum Gasteiger partial charge on any atom is -0.355 e. The van der Waals surface area contributed by atoms with Crippen molar-refractivity contribution in [3.63, 3.8) is 0 Å². The van der Waals surface area contributed by atoms with Gasteiger partial charge in [0.15, 0.2) is 0 Å². The van der Waals surface area contributed by atoms with E-state index in [9.17, 15) is 4.79 Å². The van der Waals surface area contributed by atoms with Crippen molar-refractivity contribution in [2.24, 2.45) is 0 Å². The lowest BCUT2D eigenvalue weighted by Gasteiger charge is -2.22. The van der Waals surface area contributed by atoms with E-state index in [1.165, 1.54) is 12.8 Å². The van der Waals surface area contributed by atoms with Crippen LogP contribution < -0.4 is 5.32 Å². The number of halogens is 2. The number of nitrogens with zero attached hydrogens (tertiary/aromatic N) is 1. The number of likely N-dealkylation sites (N-methyl/N-ethyl adjacent to an activating group) is 1. The van der Waals surface area contributed by atoms with E-state index in [1.54, 1.807) is 6.07 Å². The summed E-state index contributed by atoms with van der Waals surface area (Å²) < 4.78 is 0. The number of nitrogens with one attached hydrogen (secondary N) is 1. The average Bonchev–Trinajstić information content (AvgIpc) is 2.94. The van der Waals surface area contributed by atoms with Gasteiger partial charge in [0.25, 0.3) is 0 Å². The number of aryl methyl sites for hydroxylation is 1. The molecule has 1 aromatic carbocycles. The van der Waals surface area contributed by atoms with Crippen LogP contribution in [0.2, 0.25) is 10.0 Å². The second-order valence-electron chi connectivity index (χ2n) is 5.48. The molecule has 1 aromatic rings. The smallest absolute Gasteiger partial charge is 0.220 e. The first-order valence-electron chi connectivity index (χ1n) is 7.55. The second-order valence-corrected chi connectivity index (χ2v) is 6.29. The van der Waals surface area contributed by atoms with Gasteiger partial charge in [-0.1, -0.05) is 36.2 Å². The van der Waals surface area contributed by atoms with Crippen LogP contribution in [0.25, 0.3) is 0 Å². The third kappa shape index (κ3) is 4.87. The van der Waals surface area contributed by atoms with Crippen molar-refractivity contribution in [2.75, 3.05) is 19.6 Å². The topological polar surface area (TPSA) is 32.3 Å². The van der Waals surface area contributed by atoms with Gasteiger partial charge in [0.2, 0.25) is 5.91 Å². The fraction of sp³-hybridized carbons (Fsp3) is 0.562. The van der Waals surface area contributed by atoms with Gasteiger partial charge in [-0.15, -0.1) is 0 Å². The molecule has 3 nitrogen and oxygen atoms in total. The Balaban J connectivity index is 1.73. The summed E-state index contributed by atoms with van der Waals surface area (Å²) in [5, 5.41) is 4.13. The molecule has 0 saturated carbocycles. The van der Waals surface area contributed by atoms with Gasteiger partial charge in [0.1, 0.15) is 0 Å². The van der Waals surface area contributed by atoms with E-state index >= 15 is 0 Å². The Labute approximate surface area is 136 Å². The number of likely N-dealkylation sites (tertiary alicyclic amines) is 1. The highest BCUT2D eigenvalue weighted by atomic mass is 35.5. The zero-order valence-electron chi connectivity index (χ0n) is 12.4. The Kier molecular flexibility index (Phi) is 6.34. The number of hydrogen-bond donors (Lipinski definition) is 1. The van der Waals surface area contributed by atoms with Crippen LogP contribution in [0.1, 0.15) is 31.7 Å². The molecule has 1 unspecified atom stereocenters. The van der Waals surface area contributed by atoms with Crippen molar-refractivity contribution in [1.29, 1.82) is 0 Å². The van der Waals surface area contributed by atoms with Crippen LogP contribution in [0, 0.1) is 0 Å². The molecule has 1 N–H and O–H groups in total. The summed E-state index contributed by atoms with van der Waals surface area (Å²) in [4.78, 5) is 14.4. The summed E-state index contributed by atoms with van der Waals surface area (Å²) in [5.41, 5.74) is 1.04. The van der Waals surface area contributed by atoms with Crippen LogP contribution in [-0.2, 0) is 11.2 Å². The van der Waals surface area contributed by atoms with Crippen molar-refractivity contribution < 1.29 is 4.79 Å². The zero-order valence-corrected chi connectivity index (χ0v) is 13.9. The quantitative estimate of drug-likeness (QED) is 0.866. The number of amides is 1. The summed E-state index contributed by atoms with van der Waals surface area (Å²) >= 11 is 11.8. The fourth-order valence-electron chi connectivity index (χ4n) is 2.82. The molecule has 21 heavy (non-hydrogen) atoms. The van der Waals surface area contributed by atoms with Crippen LogP contribution in [0.15, 0.2) is 18.2 Å². The highest BCUT2D eigenvalue weighted by Crippen LogP contribution is 2.23. The van der Waals surface area contributed by atoms with Gasteiger partial charge in [0.05, 0.1) is 10.0 Å². The van der Waals surface area contributed by atoms with Crippen molar-refractivity contribution in [3.8, 4) is 0 Å². The summed E-state index contributed by atoms with van der Waals surface area (Å²) in [5.74, 6) is 0.101. The Morgan fingerprint density at radius 1 is 1.38 bits per heavy atom. The summed E-state index contributed by atoms with van der Waals surface area (Å²) in [6.45, 7) is 5.14. The van der Waals surface area contributed by atoms with E-state index in [4.69, 9.17) is 23.2 Å². The maximum atomic E-state index is 11.9. The van der Waals surface area contributed by atoms with Gasteiger partial charge in [-0.2, -0.15) is 0 Å². The van der Waals surface area contributed by atoms with E-state index < -0.39 is 0 Å². The van der Waals surface area contributed by atoms with Crippen LogP contribution in [-0.4, -0.2) is 36.5 Å². The number of hydrogen-bond acceptors (Lipinski definition) is 2. The normalized spacial score (nSPS) is 18.9. The molecule has 1 saturated heterocycles. The minimum atomic E-state index is 0.101. The maximum Gasteiger partial charge on any atom is 0.220 e. The molecule has 1 fully saturated rings. The Morgan fingerprint density at radius 3 is 2.90 bits per heavy atom. The van der Waals surface area contributed by atoms with Crippen LogP contribution in [0.4, 0.5) is 0 Å².